The molecule has 3 N–H and O–H groups in total. The Hall–Kier alpha value is -0.620. The van der Waals surface area contributed by atoms with Crippen molar-refractivity contribution < 1.29 is 9.90 Å². The molecule has 2 atom stereocenters. The number of aliphatic hydroxyl groups excluding tert-OH is 1. The minimum absolute atomic E-state index is 0. The number of carbonyl (C=O) groups excluding carboxylic acids is 1. The molecule has 1 aromatic carbocycles. The fourth-order valence-electron chi connectivity index (χ4n) is 1.88. The van der Waals surface area contributed by atoms with E-state index >= 15 is 0 Å². The maximum absolute atomic E-state index is 11.9. The molecule has 0 bridgehead atoms. The maximum Gasteiger partial charge on any atom is 0.241 e. The average molecular weight is 336 g/mol. The summed E-state index contributed by atoms with van der Waals surface area (Å²) in [5.74, 6) is -0.0947. The standard InChI is InChI=1S/C12H15BrN2O2.ClH/c1-7-9(13)3-2-4-10(7)15-12(17)11-5-8(16)6-14-11;/h2-4,8,11,14,16H,5-6H2,1H3,(H,15,17);1H. The molecule has 1 aliphatic heterocycles. The van der Waals surface area contributed by atoms with Crippen LogP contribution in [0.1, 0.15) is 12.0 Å². The van der Waals surface area contributed by atoms with Crippen LogP contribution in [0.2, 0.25) is 0 Å². The molecule has 1 saturated heterocycles. The van der Waals surface area contributed by atoms with Crippen molar-refractivity contribution >= 4 is 39.9 Å². The van der Waals surface area contributed by atoms with Gasteiger partial charge < -0.3 is 15.7 Å². The first kappa shape index (κ1) is 15.4. The summed E-state index contributed by atoms with van der Waals surface area (Å²) in [6, 6.07) is 5.37. The number of benzene rings is 1. The number of hydrogen-bond acceptors (Lipinski definition) is 3. The Balaban J connectivity index is 0.00000162. The Morgan fingerprint density at radius 2 is 2.28 bits per heavy atom. The molecule has 1 amide bonds. The van der Waals surface area contributed by atoms with E-state index in [-0.39, 0.29) is 24.4 Å². The van der Waals surface area contributed by atoms with E-state index in [2.05, 4.69) is 26.6 Å². The molecule has 0 radical (unpaired) electrons. The van der Waals surface area contributed by atoms with Crippen molar-refractivity contribution in [2.45, 2.75) is 25.5 Å². The highest BCUT2D eigenvalue weighted by Gasteiger charge is 2.28. The Morgan fingerprint density at radius 1 is 1.56 bits per heavy atom. The van der Waals surface area contributed by atoms with Gasteiger partial charge in [0.25, 0.3) is 0 Å². The highest BCUT2D eigenvalue weighted by molar-refractivity contribution is 9.10. The lowest BCUT2D eigenvalue weighted by molar-refractivity contribution is -0.117. The monoisotopic (exact) mass is 334 g/mol. The number of halogens is 2. The van der Waals surface area contributed by atoms with Crippen LogP contribution in [-0.2, 0) is 4.79 Å². The third-order valence-corrected chi connectivity index (χ3v) is 3.81. The van der Waals surface area contributed by atoms with Crippen LogP contribution in [0.3, 0.4) is 0 Å². The van der Waals surface area contributed by atoms with Crippen LogP contribution < -0.4 is 10.6 Å². The van der Waals surface area contributed by atoms with Crippen LogP contribution in [0.4, 0.5) is 5.69 Å². The summed E-state index contributed by atoms with van der Waals surface area (Å²) in [5, 5.41) is 15.2. The number of amides is 1. The summed E-state index contributed by atoms with van der Waals surface area (Å²) in [6.07, 6.45) is 0.0492. The molecule has 0 aromatic heterocycles. The number of rotatable bonds is 2. The Labute approximate surface area is 121 Å². The fourth-order valence-corrected chi connectivity index (χ4v) is 2.25. The molecule has 4 nitrogen and oxygen atoms in total. The van der Waals surface area contributed by atoms with Crippen molar-refractivity contribution in [3.63, 3.8) is 0 Å². The van der Waals surface area contributed by atoms with Crippen LogP contribution in [0, 0.1) is 6.92 Å². The van der Waals surface area contributed by atoms with Crippen LogP contribution in [-0.4, -0.2) is 29.7 Å². The van der Waals surface area contributed by atoms with Crippen molar-refractivity contribution in [2.75, 3.05) is 11.9 Å². The topological polar surface area (TPSA) is 61.4 Å². The van der Waals surface area contributed by atoms with E-state index in [1.54, 1.807) is 0 Å². The lowest BCUT2D eigenvalue weighted by Gasteiger charge is -2.13. The average Bonchev–Trinajstić information content (AvgIpc) is 2.72. The lowest BCUT2D eigenvalue weighted by atomic mass is 10.1. The summed E-state index contributed by atoms with van der Waals surface area (Å²) in [7, 11) is 0. The largest absolute Gasteiger partial charge is 0.392 e. The molecule has 1 aromatic rings. The van der Waals surface area contributed by atoms with Gasteiger partial charge in [0.05, 0.1) is 12.1 Å². The number of β-amino-alcohol motifs (C(OH)–C–C–N with tert-alkyl or cyclic N) is 1. The predicted octanol–water partition coefficient (Wildman–Crippen LogP) is 1.84. The van der Waals surface area contributed by atoms with Gasteiger partial charge in [0.15, 0.2) is 0 Å². The predicted molar refractivity (Wildman–Crippen MR) is 77.2 cm³/mol. The van der Waals surface area contributed by atoms with E-state index in [1.807, 2.05) is 25.1 Å². The lowest BCUT2D eigenvalue weighted by Crippen LogP contribution is -2.35. The van der Waals surface area contributed by atoms with Gasteiger partial charge in [-0.05, 0) is 31.0 Å². The van der Waals surface area contributed by atoms with E-state index in [0.29, 0.717) is 13.0 Å². The van der Waals surface area contributed by atoms with Gasteiger partial charge in [-0.25, -0.2) is 0 Å². The van der Waals surface area contributed by atoms with Gasteiger partial charge in [0.1, 0.15) is 0 Å². The van der Waals surface area contributed by atoms with Gasteiger partial charge >= 0.3 is 0 Å². The zero-order valence-electron chi connectivity index (χ0n) is 9.94. The molecular formula is C12H16BrClN2O2. The molecule has 0 aliphatic carbocycles. The van der Waals surface area contributed by atoms with E-state index in [9.17, 15) is 9.90 Å². The van der Waals surface area contributed by atoms with Crippen molar-refractivity contribution in [2.24, 2.45) is 0 Å². The number of nitrogens with one attached hydrogen (secondary N) is 2. The molecule has 6 heteroatoms. The normalized spacial score (nSPS) is 22.4. The first-order valence-electron chi connectivity index (χ1n) is 5.55. The summed E-state index contributed by atoms with van der Waals surface area (Å²) >= 11 is 3.42. The quantitative estimate of drug-likeness (QED) is 0.773. The van der Waals surface area contributed by atoms with Crippen molar-refractivity contribution in [1.82, 2.24) is 5.32 Å². The van der Waals surface area contributed by atoms with Gasteiger partial charge in [-0.1, -0.05) is 22.0 Å². The zero-order valence-corrected chi connectivity index (χ0v) is 12.3. The van der Waals surface area contributed by atoms with E-state index < -0.39 is 6.10 Å². The molecule has 100 valence electrons. The second-order valence-corrected chi connectivity index (χ2v) is 5.11. The molecular weight excluding hydrogens is 320 g/mol. The number of hydrogen-bond donors (Lipinski definition) is 3. The number of aliphatic hydroxyl groups is 1. The van der Waals surface area contributed by atoms with Gasteiger partial charge in [-0.3, -0.25) is 4.79 Å². The second-order valence-electron chi connectivity index (χ2n) is 4.25. The van der Waals surface area contributed by atoms with Crippen LogP contribution >= 0.6 is 28.3 Å². The SMILES string of the molecule is Cc1c(Br)cccc1NC(=O)C1CC(O)CN1.Cl. The summed E-state index contributed by atoms with van der Waals surface area (Å²) in [5.41, 5.74) is 1.80. The molecule has 18 heavy (non-hydrogen) atoms. The minimum atomic E-state index is -0.422. The van der Waals surface area contributed by atoms with Crippen molar-refractivity contribution in [3.05, 3.63) is 28.2 Å². The Bertz CT molecular complexity index is 442. The van der Waals surface area contributed by atoms with Gasteiger partial charge in [0.2, 0.25) is 5.91 Å². The molecule has 0 saturated carbocycles. The molecule has 1 aliphatic rings. The van der Waals surface area contributed by atoms with Crippen LogP contribution in [0.15, 0.2) is 22.7 Å². The molecule has 1 fully saturated rings. The maximum atomic E-state index is 11.9. The highest BCUT2D eigenvalue weighted by atomic mass is 79.9. The summed E-state index contributed by atoms with van der Waals surface area (Å²) in [4.78, 5) is 11.9. The zero-order chi connectivity index (χ0) is 12.4. The molecule has 2 rings (SSSR count). The van der Waals surface area contributed by atoms with Gasteiger partial charge in [-0.2, -0.15) is 0 Å². The molecule has 1 heterocycles. The van der Waals surface area contributed by atoms with Gasteiger partial charge in [0, 0.05) is 16.7 Å². The highest BCUT2D eigenvalue weighted by Crippen LogP contribution is 2.23. The van der Waals surface area contributed by atoms with E-state index in [0.717, 1.165) is 15.7 Å². The minimum Gasteiger partial charge on any atom is -0.392 e. The third kappa shape index (κ3) is 3.45. The molecule has 0 spiro atoms. The fraction of sp³-hybridized carbons (Fsp3) is 0.417. The number of carbonyl (C=O) groups is 1. The van der Waals surface area contributed by atoms with Crippen molar-refractivity contribution in [1.29, 1.82) is 0 Å². The van der Waals surface area contributed by atoms with Crippen LogP contribution in [0.25, 0.3) is 0 Å². The van der Waals surface area contributed by atoms with Gasteiger partial charge in [-0.15, -0.1) is 12.4 Å². The smallest absolute Gasteiger partial charge is 0.241 e. The second kappa shape index (κ2) is 6.52. The number of anilines is 1. The summed E-state index contributed by atoms with van der Waals surface area (Å²) < 4.78 is 0.967. The Morgan fingerprint density at radius 3 is 2.89 bits per heavy atom. The third-order valence-electron chi connectivity index (χ3n) is 2.95. The first-order valence-corrected chi connectivity index (χ1v) is 6.34. The van der Waals surface area contributed by atoms with Crippen molar-refractivity contribution in [3.8, 4) is 0 Å². The Kier molecular flexibility index (Phi) is 5.59. The van der Waals surface area contributed by atoms with Crippen LogP contribution in [0.5, 0.6) is 0 Å². The van der Waals surface area contributed by atoms with E-state index in [1.165, 1.54) is 0 Å². The van der Waals surface area contributed by atoms with E-state index in [4.69, 9.17) is 0 Å². The molecule has 2 unspecified atom stereocenters. The first-order chi connectivity index (χ1) is 8.08. The summed E-state index contributed by atoms with van der Waals surface area (Å²) in [6.45, 7) is 2.42.